The normalized spacial score (nSPS) is 26.6. The number of primary amides is 1. The summed E-state index contributed by atoms with van der Waals surface area (Å²) in [5.41, 5.74) is 18.0. The summed E-state index contributed by atoms with van der Waals surface area (Å²) in [5, 5.41) is 50.4. The molecule has 0 saturated carbocycles. The summed E-state index contributed by atoms with van der Waals surface area (Å²) in [4.78, 5) is 224. The maximum Gasteiger partial charge on any atom is 0.303 e. The summed E-state index contributed by atoms with van der Waals surface area (Å²) < 4.78 is 0. The number of aliphatic carboxylic acids is 1. The van der Waals surface area contributed by atoms with Crippen LogP contribution in [0, 0.1) is 0 Å². The first-order chi connectivity index (χ1) is 45.6. The lowest BCUT2D eigenvalue weighted by molar-refractivity contribution is -0.142. The molecule has 2 bridgehead atoms. The van der Waals surface area contributed by atoms with Gasteiger partial charge < -0.3 is 106 Å². The van der Waals surface area contributed by atoms with Crippen LogP contribution in [-0.2, 0) is 84.8 Å². The van der Waals surface area contributed by atoms with Crippen molar-refractivity contribution in [2.75, 3.05) is 37.7 Å². The number of hydrogen-bond acceptors (Lipinski definition) is 20. The molecule has 22 N–H and O–H groups in total. The number of nitrogens with zero attached hydrogens (tertiary/aromatic N) is 3. The number of fused-ring (bicyclic) bond motifs is 7. The van der Waals surface area contributed by atoms with Crippen molar-refractivity contribution >= 4 is 127 Å². The summed E-state index contributed by atoms with van der Waals surface area (Å²) in [6, 6.07) is -12.2. The number of carboxylic acid groups (broad SMARTS) is 1. The molecule has 1 aromatic carbocycles. The number of para-hydroxylation sites is 1. The molecule has 96 heavy (non-hydrogen) atoms. The number of nitrogens with two attached hydrogens (primary N) is 3. The highest BCUT2D eigenvalue weighted by Crippen LogP contribution is 2.25. The summed E-state index contributed by atoms with van der Waals surface area (Å²) in [6.07, 6.45) is 1.29. The zero-order chi connectivity index (χ0) is 70.3. The van der Waals surface area contributed by atoms with Gasteiger partial charge in [-0.25, -0.2) is 4.98 Å². The second-order valence-corrected chi connectivity index (χ2v) is 25.3. The number of benzene rings is 1. The van der Waals surface area contributed by atoms with Crippen LogP contribution in [0.2, 0.25) is 0 Å². The van der Waals surface area contributed by atoms with Crippen LogP contribution < -0.4 is 81.0 Å². The number of carboxylic acids is 1. The fraction of sp³-hybridized carbons (Fsp3) is 0.526. The van der Waals surface area contributed by atoms with Gasteiger partial charge in [0.2, 0.25) is 82.7 Å². The fourth-order valence-electron chi connectivity index (χ4n) is 10.2. The van der Waals surface area contributed by atoms with Gasteiger partial charge in [-0.3, -0.25) is 76.9 Å². The summed E-state index contributed by atoms with van der Waals surface area (Å²) in [6.45, 7) is 1.74. The van der Waals surface area contributed by atoms with Crippen LogP contribution in [0.3, 0.4) is 0 Å². The monoisotopic (exact) mass is 1380 g/mol. The van der Waals surface area contributed by atoms with Crippen LogP contribution in [0.4, 0.5) is 0 Å². The lowest BCUT2D eigenvalue weighted by Crippen LogP contribution is -2.60. The molecule has 3 fully saturated rings. The third-order valence-corrected chi connectivity index (χ3v) is 17.8. The quantitative estimate of drug-likeness (QED) is 0.0308. The lowest BCUT2D eigenvalue weighted by Gasteiger charge is -2.29. The van der Waals surface area contributed by atoms with Gasteiger partial charge in [-0.15, -0.1) is 0 Å². The van der Waals surface area contributed by atoms with E-state index in [0.29, 0.717) is 16.5 Å². The molecule has 522 valence electrons. The maximum atomic E-state index is 14.6. The Bertz CT molecular complexity index is 3400. The lowest BCUT2D eigenvalue weighted by atomic mass is 10.0. The molecule has 0 spiro atoms. The number of carbonyl (C=O) groups excluding carboxylic acids is 14. The third kappa shape index (κ3) is 22.3. The smallest absolute Gasteiger partial charge is 0.303 e. The number of rotatable bonds is 14. The van der Waals surface area contributed by atoms with Gasteiger partial charge in [-0.1, -0.05) is 39.8 Å². The molecule has 0 radical (unpaired) electrons. The van der Waals surface area contributed by atoms with Gasteiger partial charge >= 0.3 is 5.97 Å². The average Bonchev–Trinajstić information content (AvgIpc) is 1.73. The maximum absolute atomic E-state index is 14.6. The minimum absolute atomic E-state index is 0.0188. The molecule has 5 heterocycles. The minimum atomic E-state index is -1.91. The Morgan fingerprint density at radius 2 is 1.17 bits per heavy atom. The van der Waals surface area contributed by atoms with E-state index in [1.807, 2.05) is 0 Å². The highest BCUT2D eigenvalue weighted by molar-refractivity contribution is 8.76. The number of hydrogen-bond donors (Lipinski definition) is 19. The Labute approximate surface area is 556 Å². The molecule has 0 unspecified atom stereocenters. The predicted octanol–water partition coefficient (Wildman–Crippen LogP) is -7.63. The summed E-state index contributed by atoms with van der Waals surface area (Å²) in [5.74, 6) is -17.2. The molecule has 12 atom stereocenters. The van der Waals surface area contributed by atoms with Gasteiger partial charge in [0.25, 0.3) is 0 Å². The summed E-state index contributed by atoms with van der Waals surface area (Å²) >= 11 is 0. The number of aliphatic hydroxyl groups excluding tert-OH is 1. The number of aliphatic hydroxyl groups is 1. The number of aromatic nitrogens is 3. The predicted molar refractivity (Wildman–Crippen MR) is 343 cm³/mol. The molecular weight excluding hydrogens is 1300 g/mol. The number of imidazole rings is 1. The van der Waals surface area contributed by atoms with Crippen molar-refractivity contribution in [2.24, 2.45) is 22.2 Å². The third-order valence-electron chi connectivity index (χ3n) is 15.4. The average molecular weight is 1380 g/mol. The molecule has 14 amide bonds. The van der Waals surface area contributed by atoms with Gasteiger partial charge in [-0.05, 0) is 64.5 Å². The fourth-order valence-corrected chi connectivity index (χ4v) is 12.6. The van der Waals surface area contributed by atoms with E-state index in [1.54, 1.807) is 30.5 Å². The first-order valence-corrected chi connectivity index (χ1v) is 33.0. The number of amides is 14. The van der Waals surface area contributed by atoms with Crippen molar-refractivity contribution in [3.05, 3.63) is 54.2 Å². The van der Waals surface area contributed by atoms with Crippen molar-refractivity contribution in [1.82, 2.24) is 83.7 Å². The minimum Gasteiger partial charge on any atom is -0.481 e. The van der Waals surface area contributed by atoms with E-state index in [2.05, 4.69) is 83.7 Å². The van der Waals surface area contributed by atoms with Crippen LogP contribution in [0.15, 0.2) is 48.0 Å². The largest absolute Gasteiger partial charge is 0.481 e. The van der Waals surface area contributed by atoms with Gasteiger partial charge in [0.15, 0.2) is 5.96 Å². The van der Waals surface area contributed by atoms with E-state index in [4.69, 9.17) is 17.2 Å². The molecule has 6 rings (SSSR count). The van der Waals surface area contributed by atoms with Crippen molar-refractivity contribution in [3.63, 3.8) is 0 Å². The molecule has 3 aliphatic rings. The first kappa shape index (κ1) is 75.0. The second-order valence-electron chi connectivity index (χ2n) is 22.8. The van der Waals surface area contributed by atoms with E-state index in [0.717, 1.165) is 26.5 Å². The van der Waals surface area contributed by atoms with E-state index >= 15 is 0 Å². The van der Waals surface area contributed by atoms with Crippen LogP contribution >= 0.6 is 21.6 Å². The van der Waals surface area contributed by atoms with Gasteiger partial charge in [0.1, 0.15) is 72.5 Å². The van der Waals surface area contributed by atoms with E-state index < -0.39 is 205 Å². The second kappa shape index (κ2) is 36.0. The Morgan fingerprint density at radius 1 is 0.615 bits per heavy atom. The number of guanidine groups is 1. The zero-order valence-corrected chi connectivity index (χ0v) is 54.1. The molecule has 37 nitrogen and oxygen atoms in total. The highest BCUT2D eigenvalue weighted by Gasteiger charge is 2.41. The van der Waals surface area contributed by atoms with E-state index in [-0.39, 0.29) is 63.3 Å². The summed E-state index contributed by atoms with van der Waals surface area (Å²) in [7, 11) is 1.61. The molecule has 3 aliphatic heterocycles. The van der Waals surface area contributed by atoms with Crippen molar-refractivity contribution < 1.29 is 82.1 Å². The van der Waals surface area contributed by atoms with Gasteiger partial charge in [-0.2, -0.15) is 0 Å². The van der Waals surface area contributed by atoms with Crippen LogP contribution in [0.5, 0.6) is 0 Å². The van der Waals surface area contributed by atoms with Crippen molar-refractivity contribution in [2.45, 2.75) is 151 Å². The molecular formula is C57H80N20O17S2. The molecule has 3 aromatic rings. The number of aromatic amines is 2. The number of aliphatic imine (C=N–C) groups is 1. The van der Waals surface area contributed by atoms with Gasteiger partial charge in [0.05, 0.1) is 25.9 Å². The Hall–Kier alpha value is -10.0. The van der Waals surface area contributed by atoms with Crippen molar-refractivity contribution in [1.29, 1.82) is 0 Å². The number of H-pyrrole nitrogens is 2. The topological polar surface area (TPSA) is 579 Å². The number of carbonyl (C=O) groups is 15. The van der Waals surface area contributed by atoms with Crippen LogP contribution in [-0.4, -0.2) is 235 Å². The standard InChI is InChI=1S/C57H80N20O17S2/c1-26-45(83)66-27(2)46(84)76-40-24-96-95-23-39(54(92)71-34(12-13-44(81)82)48(86)74-37(18-42(58)79)51(89)73-36(49(87)67-26)17-30-20-61-25-65-30)69-43(80)21-64-47(85)33(10-6-14-62-57(59)60)70-50(88)35(16-29-19-63-32-9-5-4-8-31(29)32)72-52(90)38(22-78)75-55(93)41-11-7-15-77(41)56(94)28(3)68-53(40)91/h4-5,8-9,19-20,25-28,33-41,63,78H,6-7,10-18,21-24H2,1-3H3,(H2,58,79)(H,61,65)(H,64,85)(H,66,83)(H,67,87)(H,68,91)(H,69,80)(H,70,88)(H,71,92)(H,72,90)(H,73,89)(H,74,86)(H,75,93)(H,76,84)(H,81,82)(H4,59,60,62)/t26-,27-,28-,33-,34-,35-,36-,37-,38-,39-,40-,41-/m0/s1. The molecule has 2 aromatic heterocycles. The van der Waals surface area contributed by atoms with E-state index in [9.17, 15) is 82.1 Å². The number of nitrogens with one attached hydrogen (secondary N) is 14. The SMILES string of the molecule is C[C@@H]1NC(=O)[C@H](C)NC(=O)[C@H](Cc2cnc[nH]2)NC(=O)[C@H](CC(N)=O)NC(=O)[C@H](CCC(=O)O)NC(=O)[C@@H]2CSSC[C@H](NC1=O)C(=O)N[C@@H](C)C(=O)N1CCC[C@H]1C(=O)N[C@@H](CO)C(=O)N[C@@H](Cc1c[nH]c3ccccc13)C(=O)N[C@@H](CCCN=C(N)N)C(=O)NCC(=O)N2. The van der Waals surface area contributed by atoms with Crippen LogP contribution in [0.1, 0.15) is 77.0 Å². The van der Waals surface area contributed by atoms with Crippen LogP contribution in [0.25, 0.3) is 10.9 Å². The Balaban J connectivity index is 1.41. The first-order valence-electron chi connectivity index (χ1n) is 30.5. The highest BCUT2D eigenvalue weighted by atomic mass is 33.1. The van der Waals surface area contributed by atoms with E-state index in [1.165, 1.54) is 33.3 Å². The molecule has 0 aliphatic carbocycles. The Kier molecular flexibility index (Phi) is 28.1. The van der Waals surface area contributed by atoms with Crippen molar-refractivity contribution in [3.8, 4) is 0 Å². The molecule has 39 heteroatoms. The zero-order valence-electron chi connectivity index (χ0n) is 52.5. The van der Waals surface area contributed by atoms with Gasteiger partial charge in [0, 0.05) is 72.8 Å². The Morgan fingerprint density at radius 3 is 1.82 bits per heavy atom. The molecule has 3 saturated heterocycles.